The summed E-state index contributed by atoms with van der Waals surface area (Å²) in [6.45, 7) is -1.28. The van der Waals surface area contributed by atoms with E-state index in [1.165, 1.54) is 31.3 Å². The molecule has 0 saturated heterocycles. The lowest BCUT2D eigenvalue weighted by Gasteiger charge is -2.17. The molecule has 0 spiro atoms. The zero-order valence-corrected chi connectivity index (χ0v) is 16.2. The molecule has 0 bridgehead atoms. The van der Waals surface area contributed by atoms with Crippen molar-refractivity contribution in [1.82, 2.24) is 4.90 Å². The molecule has 1 N–H and O–H groups in total. The second kappa shape index (κ2) is 9.57. The van der Waals surface area contributed by atoms with Gasteiger partial charge in [0.25, 0.3) is 5.91 Å². The number of esters is 1. The quantitative estimate of drug-likeness (QED) is 0.541. The number of benzene rings is 2. The molecule has 0 fully saturated rings. The highest BCUT2D eigenvalue weighted by molar-refractivity contribution is 6.31. The topological polar surface area (TPSA) is 75.7 Å². The lowest BCUT2D eigenvalue weighted by Crippen LogP contribution is -2.37. The van der Waals surface area contributed by atoms with Gasteiger partial charge in [-0.15, -0.1) is 0 Å². The molecule has 2 aromatic carbocycles. The summed E-state index contributed by atoms with van der Waals surface area (Å²) < 4.78 is 56.8. The number of hydrogen-bond donors (Lipinski definition) is 1. The Morgan fingerprint density at radius 3 is 2.43 bits per heavy atom. The monoisotopic (exact) mass is 446 g/mol. The van der Waals surface area contributed by atoms with Crippen LogP contribution in [-0.2, 0) is 20.5 Å². The van der Waals surface area contributed by atoms with Crippen LogP contribution in [0.2, 0.25) is 5.02 Å². The van der Waals surface area contributed by atoms with Gasteiger partial charge >= 0.3 is 12.1 Å². The molecule has 30 heavy (non-hydrogen) atoms. The first-order chi connectivity index (χ1) is 14.0. The predicted octanol–water partition coefficient (Wildman–Crippen LogP) is 3.75. The lowest BCUT2D eigenvalue weighted by molar-refractivity contribution is -0.137. The summed E-state index contributed by atoms with van der Waals surface area (Å²) in [7, 11) is 1.22. The van der Waals surface area contributed by atoms with Gasteiger partial charge in [-0.3, -0.25) is 9.59 Å². The number of rotatable bonds is 6. The number of nitrogens with zero attached hydrogens (tertiary/aromatic N) is 1. The second-order valence-electron chi connectivity index (χ2n) is 6.05. The van der Waals surface area contributed by atoms with Gasteiger partial charge in [-0.1, -0.05) is 23.7 Å². The maximum atomic E-state index is 13.5. The Labute approximate surface area is 173 Å². The summed E-state index contributed by atoms with van der Waals surface area (Å²) >= 11 is 5.51. The highest BCUT2D eigenvalue weighted by Gasteiger charge is 2.33. The van der Waals surface area contributed by atoms with Crippen LogP contribution in [0.15, 0.2) is 42.5 Å². The lowest BCUT2D eigenvalue weighted by atomic mass is 10.2. The van der Waals surface area contributed by atoms with E-state index in [2.05, 4.69) is 5.32 Å². The minimum Gasteiger partial charge on any atom is -0.452 e. The fraction of sp³-hybridized carbons (Fsp3) is 0.211. The van der Waals surface area contributed by atoms with Crippen LogP contribution in [0.4, 0.5) is 23.2 Å². The molecule has 160 valence electrons. The first kappa shape index (κ1) is 23.1. The van der Waals surface area contributed by atoms with Crippen molar-refractivity contribution in [3.63, 3.8) is 0 Å². The standard InChI is InChI=1S/C19H15ClF4N2O4/c1-26(17(28)10-30-18(29)12-4-2-3-5-15(12)21)9-16(27)25-11-6-7-14(20)13(8-11)19(22,23)24/h2-8H,9-10H2,1H3,(H,25,27). The van der Waals surface area contributed by atoms with Gasteiger partial charge in [0.1, 0.15) is 5.82 Å². The number of nitrogens with one attached hydrogen (secondary N) is 1. The summed E-state index contributed by atoms with van der Waals surface area (Å²) in [4.78, 5) is 36.7. The molecule has 0 atom stereocenters. The molecule has 0 heterocycles. The van der Waals surface area contributed by atoms with E-state index in [1.807, 2.05) is 0 Å². The van der Waals surface area contributed by atoms with E-state index in [0.717, 1.165) is 17.0 Å². The molecule has 0 radical (unpaired) electrons. The number of hydrogen-bond acceptors (Lipinski definition) is 4. The second-order valence-corrected chi connectivity index (χ2v) is 6.45. The van der Waals surface area contributed by atoms with Crippen molar-refractivity contribution in [1.29, 1.82) is 0 Å². The first-order valence-electron chi connectivity index (χ1n) is 8.31. The Morgan fingerprint density at radius 2 is 1.80 bits per heavy atom. The van der Waals surface area contributed by atoms with Gasteiger partial charge in [0.15, 0.2) is 6.61 Å². The number of halogens is 5. The summed E-state index contributed by atoms with van der Waals surface area (Å²) in [5, 5.41) is 1.69. The van der Waals surface area contributed by atoms with Crippen LogP contribution < -0.4 is 5.32 Å². The summed E-state index contributed by atoms with van der Waals surface area (Å²) in [6.07, 6.45) is -4.70. The Hall–Kier alpha value is -3.14. The third kappa shape index (κ3) is 6.18. The molecule has 6 nitrogen and oxygen atoms in total. The zero-order chi connectivity index (χ0) is 22.5. The minimum absolute atomic E-state index is 0.163. The van der Waals surface area contributed by atoms with Gasteiger partial charge in [0, 0.05) is 12.7 Å². The molecule has 0 aliphatic rings. The maximum Gasteiger partial charge on any atom is 0.417 e. The van der Waals surface area contributed by atoms with Crippen molar-refractivity contribution in [2.75, 3.05) is 25.5 Å². The number of carbonyl (C=O) groups is 3. The molecule has 2 amide bonds. The number of carbonyl (C=O) groups excluding carboxylic acids is 3. The molecule has 2 aromatic rings. The van der Waals surface area contributed by atoms with Gasteiger partial charge in [-0.2, -0.15) is 13.2 Å². The number of likely N-dealkylation sites (N-methyl/N-ethyl adjacent to an activating group) is 1. The number of anilines is 1. The number of amides is 2. The average molecular weight is 447 g/mol. The molecule has 0 aromatic heterocycles. The van der Waals surface area contributed by atoms with Gasteiger partial charge in [-0.25, -0.2) is 9.18 Å². The maximum absolute atomic E-state index is 13.5. The fourth-order valence-corrected chi connectivity index (χ4v) is 2.49. The van der Waals surface area contributed by atoms with Crippen LogP contribution in [0, 0.1) is 5.82 Å². The highest BCUT2D eigenvalue weighted by atomic mass is 35.5. The first-order valence-corrected chi connectivity index (χ1v) is 8.69. The summed E-state index contributed by atoms with van der Waals surface area (Å²) in [6, 6.07) is 7.85. The summed E-state index contributed by atoms with van der Waals surface area (Å²) in [5.74, 6) is -3.44. The predicted molar refractivity (Wildman–Crippen MR) is 99.4 cm³/mol. The molecule has 0 aliphatic carbocycles. The van der Waals surface area contributed by atoms with Crippen LogP contribution in [0.5, 0.6) is 0 Å². The third-order valence-corrected chi connectivity index (χ3v) is 4.11. The van der Waals surface area contributed by atoms with Gasteiger partial charge < -0.3 is 15.0 Å². The van der Waals surface area contributed by atoms with Crippen LogP contribution in [0.1, 0.15) is 15.9 Å². The van der Waals surface area contributed by atoms with E-state index < -0.39 is 53.5 Å². The van der Waals surface area contributed by atoms with Crippen LogP contribution in [-0.4, -0.2) is 42.9 Å². The average Bonchev–Trinajstić information content (AvgIpc) is 2.66. The van der Waals surface area contributed by atoms with E-state index >= 15 is 0 Å². The van der Waals surface area contributed by atoms with Crippen LogP contribution in [0.25, 0.3) is 0 Å². The largest absolute Gasteiger partial charge is 0.452 e. The molecular formula is C19H15ClF4N2O4. The number of ether oxygens (including phenoxy) is 1. The Balaban J connectivity index is 1.90. The third-order valence-electron chi connectivity index (χ3n) is 3.78. The Morgan fingerprint density at radius 1 is 1.13 bits per heavy atom. The summed E-state index contributed by atoms with van der Waals surface area (Å²) in [5.41, 5.74) is -1.64. The van der Waals surface area contributed by atoms with Crippen molar-refractivity contribution >= 4 is 35.1 Å². The van der Waals surface area contributed by atoms with E-state index in [0.29, 0.717) is 6.07 Å². The Kier molecular flexibility index (Phi) is 7.38. The van der Waals surface area contributed by atoms with E-state index in [-0.39, 0.29) is 11.3 Å². The molecule has 0 saturated carbocycles. The van der Waals surface area contributed by atoms with E-state index in [1.54, 1.807) is 0 Å². The zero-order valence-electron chi connectivity index (χ0n) is 15.4. The minimum atomic E-state index is -4.70. The van der Waals surface area contributed by atoms with Gasteiger partial charge in [0.05, 0.1) is 22.7 Å². The smallest absolute Gasteiger partial charge is 0.417 e. The van der Waals surface area contributed by atoms with Gasteiger partial charge in [0.2, 0.25) is 5.91 Å². The van der Waals surface area contributed by atoms with Crippen molar-refractivity contribution < 1.29 is 36.7 Å². The van der Waals surface area contributed by atoms with Crippen molar-refractivity contribution in [2.45, 2.75) is 6.18 Å². The van der Waals surface area contributed by atoms with Crippen molar-refractivity contribution in [3.05, 3.63) is 64.4 Å². The van der Waals surface area contributed by atoms with Crippen molar-refractivity contribution in [2.24, 2.45) is 0 Å². The molecule has 0 unspecified atom stereocenters. The normalized spacial score (nSPS) is 11.0. The van der Waals surface area contributed by atoms with Crippen LogP contribution in [0.3, 0.4) is 0 Å². The van der Waals surface area contributed by atoms with E-state index in [4.69, 9.17) is 16.3 Å². The SMILES string of the molecule is CN(CC(=O)Nc1ccc(Cl)c(C(F)(F)F)c1)C(=O)COC(=O)c1ccccc1F. The fourth-order valence-electron chi connectivity index (χ4n) is 2.27. The van der Waals surface area contributed by atoms with Gasteiger partial charge in [-0.05, 0) is 30.3 Å². The number of alkyl halides is 3. The molecule has 11 heteroatoms. The molecular weight excluding hydrogens is 432 g/mol. The van der Waals surface area contributed by atoms with Crippen LogP contribution >= 0.6 is 11.6 Å². The molecule has 2 rings (SSSR count). The van der Waals surface area contributed by atoms with Crippen molar-refractivity contribution in [3.8, 4) is 0 Å². The van der Waals surface area contributed by atoms with E-state index in [9.17, 15) is 31.9 Å². The highest BCUT2D eigenvalue weighted by Crippen LogP contribution is 2.36. The Bertz CT molecular complexity index is 966. The molecule has 0 aliphatic heterocycles.